The maximum atomic E-state index is 13.4. The van der Waals surface area contributed by atoms with Gasteiger partial charge in [-0.3, -0.25) is 9.69 Å². The van der Waals surface area contributed by atoms with Gasteiger partial charge in [-0.15, -0.1) is 0 Å². The van der Waals surface area contributed by atoms with Gasteiger partial charge in [-0.1, -0.05) is 36.4 Å². The normalized spacial score (nSPS) is 15.7. The summed E-state index contributed by atoms with van der Waals surface area (Å²) >= 11 is 0. The molecule has 3 rings (SSSR count). The first-order chi connectivity index (χ1) is 11.1. The van der Waals surface area contributed by atoms with Gasteiger partial charge in [-0.05, 0) is 42.2 Å². The molecule has 1 amide bonds. The van der Waals surface area contributed by atoms with Crippen LogP contribution in [0, 0.1) is 5.82 Å². The standard InChI is InChI=1S/C19H21FN2O/c1-14(19(23)21-12-15-5-3-2-4-6-15)22-10-9-16-7-8-18(20)11-17(16)13-22/h2-8,11,14H,9-10,12-13H2,1H3,(H,21,23). The molecule has 0 spiro atoms. The molecular weight excluding hydrogens is 291 g/mol. The van der Waals surface area contributed by atoms with Gasteiger partial charge >= 0.3 is 0 Å². The molecule has 0 saturated heterocycles. The summed E-state index contributed by atoms with van der Waals surface area (Å²) in [7, 11) is 0. The van der Waals surface area contributed by atoms with Gasteiger partial charge in [-0.25, -0.2) is 4.39 Å². The Hall–Kier alpha value is -2.20. The van der Waals surface area contributed by atoms with E-state index < -0.39 is 0 Å². The molecule has 0 fully saturated rings. The van der Waals surface area contributed by atoms with Crippen LogP contribution in [0.2, 0.25) is 0 Å². The van der Waals surface area contributed by atoms with Gasteiger partial charge < -0.3 is 5.32 Å². The third kappa shape index (κ3) is 3.77. The third-order valence-corrected chi connectivity index (χ3v) is 4.45. The zero-order valence-corrected chi connectivity index (χ0v) is 13.3. The van der Waals surface area contributed by atoms with Crippen LogP contribution in [0.5, 0.6) is 0 Å². The van der Waals surface area contributed by atoms with E-state index >= 15 is 0 Å². The second-order valence-electron chi connectivity index (χ2n) is 6.01. The minimum Gasteiger partial charge on any atom is -0.351 e. The van der Waals surface area contributed by atoms with E-state index in [-0.39, 0.29) is 17.8 Å². The Balaban J connectivity index is 1.60. The molecule has 1 N–H and O–H groups in total. The molecule has 1 aliphatic rings. The van der Waals surface area contributed by atoms with E-state index in [0.29, 0.717) is 13.1 Å². The largest absolute Gasteiger partial charge is 0.351 e. The number of halogens is 1. The molecule has 0 aliphatic carbocycles. The number of hydrogen-bond donors (Lipinski definition) is 1. The van der Waals surface area contributed by atoms with E-state index in [2.05, 4.69) is 10.2 Å². The highest BCUT2D eigenvalue weighted by Gasteiger charge is 2.25. The molecule has 1 atom stereocenters. The van der Waals surface area contributed by atoms with Crippen LogP contribution in [-0.2, 0) is 24.3 Å². The van der Waals surface area contributed by atoms with Crippen LogP contribution in [0.1, 0.15) is 23.6 Å². The van der Waals surface area contributed by atoms with E-state index in [1.165, 1.54) is 11.6 Å². The molecule has 2 aromatic rings. The summed E-state index contributed by atoms with van der Waals surface area (Å²) < 4.78 is 13.4. The fraction of sp³-hybridized carbons (Fsp3) is 0.316. The second-order valence-corrected chi connectivity index (χ2v) is 6.01. The molecule has 2 aromatic carbocycles. The Morgan fingerprint density at radius 2 is 2.00 bits per heavy atom. The zero-order valence-electron chi connectivity index (χ0n) is 13.3. The minimum absolute atomic E-state index is 0.00806. The van der Waals surface area contributed by atoms with Crippen molar-refractivity contribution in [1.82, 2.24) is 10.2 Å². The highest BCUT2D eigenvalue weighted by molar-refractivity contribution is 5.81. The van der Waals surface area contributed by atoms with Crippen molar-refractivity contribution in [3.05, 3.63) is 71.0 Å². The van der Waals surface area contributed by atoms with Crippen LogP contribution >= 0.6 is 0 Å². The summed E-state index contributed by atoms with van der Waals surface area (Å²) in [4.78, 5) is 14.5. The van der Waals surface area contributed by atoms with E-state index in [4.69, 9.17) is 0 Å². The maximum Gasteiger partial charge on any atom is 0.237 e. The molecule has 120 valence electrons. The van der Waals surface area contributed by atoms with Gasteiger partial charge in [0.25, 0.3) is 0 Å². The lowest BCUT2D eigenvalue weighted by Crippen LogP contribution is -2.46. The molecule has 3 nitrogen and oxygen atoms in total. The van der Waals surface area contributed by atoms with Crippen molar-refractivity contribution in [3.63, 3.8) is 0 Å². The number of carbonyl (C=O) groups is 1. The van der Waals surface area contributed by atoms with Crippen LogP contribution < -0.4 is 5.32 Å². The fourth-order valence-electron chi connectivity index (χ4n) is 2.98. The van der Waals surface area contributed by atoms with Gasteiger partial charge in [-0.2, -0.15) is 0 Å². The van der Waals surface area contributed by atoms with Crippen molar-refractivity contribution in [3.8, 4) is 0 Å². The first-order valence-electron chi connectivity index (χ1n) is 7.96. The molecule has 0 saturated carbocycles. The molecule has 1 unspecified atom stereocenters. The summed E-state index contributed by atoms with van der Waals surface area (Å²) in [6.45, 7) is 3.87. The van der Waals surface area contributed by atoms with Gasteiger partial charge in [0.1, 0.15) is 5.82 Å². The number of amides is 1. The molecular formula is C19H21FN2O. The highest BCUT2D eigenvalue weighted by Crippen LogP contribution is 2.21. The predicted molar refractivity (Wildman–Crippen MR) is 88.3 cm³/mol. The zero-order chi connectivity index (χ0) is 16.2. The average molecular weight is 312 g/mol. The Bertz CT molecular complexity index is 687. The molecule has 0 radical (unpaired) electrons. The Labute approximate surface area is 136 Å². The van der Waals surface area contributed by atoms with E-state index in [9.17, 15) is 9.18 Å². The number of fused-ring (bicyclic) bond motifs is 1. The lowest BCUT2D eigenvalue weighted by atomic mass is 9.98. The summed E-state index contributed by atoms with van der Waals surface area (Å²) in [6.07, 6.45) is 0.853. The van der Waals surface area contributed by atoms with Gasteiger partial charge in [0.15, 0.2) is 0 Å². The molecule has 1 aliphatic heterocycles. The first kappa shape index (κ1) is 15.7. The molecule has 0 bridgehead atoms. The van der Waals surface area contributed by atoms with Crippen molar-refractivity contribution < 1.29 is 9.18 Å². The number of nitrogens with zero attached hydrogens (tertiary/aromatic N) is 1. The maximum absolute atomic E-state index is 13.4. The smallest absolute Gasteiger partial charge is 0.237 e. The second kappa shape index (κ2) is 6.92. The van der Waals surface area contributed by atoms with Crippen molar-refractivity contribution >= 4 is 5.91 Å². The average Bonchev–Trinajstić information content (AvgIpc) is 2.59. The number of rotatable bonds is 4. The first-order valence-corrected chi connectivity index (χ1v) is 7.96. The van der Waals surface area contributed by atoms with Crippen LogP contribution in [0.4, 0.5) is 4.39 Å². The van der Waals surface area contributed by atoms with Crippen molar-refractivity contribution in [2.45, 2.75) is 32.5 Å². The van der Waals surface area contributed by atoms with Crippen LogP contribution in [0.25, 0.3) is 0 Å². The highest BCUT2D eigenvalue weighted by atomic mass is 19.1. The number of hydrogen-bond acceptors (Lipinski definition) is 2. The fourth-order valence-corrected chi connectivity index (χ4v) is 2.98. The van der Waals surface area contributed by atoms with Crippen LogP contribution in [0.15, 0.2) is 48.5 Å². The molecule has 1 heterocycles. The molecule has 4 heteroatoms. The summed E-state index contributed by atoms with van der Waals surface area (Å²) in [6, 6.07) is 14.6. The van der Waals surface area contributed by atoms with Gasteiger partial charge in [0.2, 0.25) is 5.91 Å². The van der Waals surface area contributed by atoms with Crippen molar-refractivity contribution in [2.24, 2.45) is 0 Å². The van der Waals surface area contributed by atoms with Crippen LogP contribution in [0.3, 0.4) is 0 Å². The summed E-state index contributed by atoms with van der Waals surface area (Å²) in [5.74, 6) is -0.208. The quantitative estimate of drug-likeness (QED) is 0.941. The molecule has 0 aromatic heterocycles. The Morgan fingerprint density at radius 3 is 2.78 bits per heavy atom. The van der Waals surface area contributed by atoms with Gasteiger partial charge in [0, 0.05) is 19.6 Å². The van der Waals surface area contributed by atoms with Crippen molar-refractivity contribution in [1.29, 1.82) is 0 Å². The SMILES string of the molecule is CC(C(=O)NCc1ccccc1)N1CCc2ccc(F)cc2C1. The lowest BCUT2D eigenvalue weighted by molar-refractivity contribution is -0.126. The Kier molecular flexibility index (Phi) is 4.72. The summed E-state index contributed by atoms with van der Waals surface area (Å²) in [5.41, 5.74) is 3.25. The summed E-state index contributed by atoms with van der Waals surface area (Å²) in [5, 5.41) is 2.98. The molecule has 23 heavy (non-hydrogen) atoms. The Morgan fingerprint density at radius 1 is 1.22 bits per heavy atom. The van der Waals surface area contributed by atoms with Crippen LogP contribution in [-0.4, -0.2) is 23.4 Å². The number of nitrogens with one attached hydrogen (secondary N) is 1. The lowest BCUT2D eigenvalue weighted by Gasteiger charge is -2.33. The van der Waals surface area contributed by atoms with E-state index in [1.807, 2.05) is 43.3 Å². The monoisotopic (exact) mass is 312 g/mol. The van der Waals surface area contributed by atoms with Crippen molar-refractivity contribution in [2.75, 3.05) is 6.54 Å². The third-order valence-electron chi connectivity index (χ3n) is 4.45. The van der Waals surface area contributed by atoms with Gasteiger partial charge in [0.05, 0.1) is 6.04 Å². The predicted octanol–water partition coefficient (Wildman–Crippen LogP) is 2.89. The number of carbonyl (C=O) groups excluding carboxylic acids is 1. The topological polar surface area (TPSA) is 32.3 Å². The van der Waals surface area contributed by atoms with E-state index in [1.54, 1.807) is 6.07 Å². The minimum atomic E-state index is -0.227. The number of benzene rings is 2. The van der Waals surface area contributed by atoms with E-state index in [0.717, 1.165) is 24.1 Å².